The molecule has 0 saturated carbocycles. The number of amides is 2. The molecule has 1 heterocycles. The molecule has 0 aromatic heterocycles. The van der Waals surface area contributed by atoms with Crippen LogP contribution in [0.15, 0.2) is 42.5 Å². The first-order valence-electron chi connectivity index (χ1n) is 9.41. The van der Waals surface area contributed by atoms with Crippen LogP contribution in [0.1, 0.15) is 30.9 Å². The standard InChI is InChI=1S/C21H23F2N3O3/c1-29-19(27)13-18(14-7-3-2-4-8-14)25-21(28)24-15-11-16(22)20(17(23)12-15)26-9-5-6-10-26/h2-4,7-8,11-12,18H,5-6,9-10,13H2,1H3,(H2,24,25,28). The second-order valence-electron chi connectivity index (χ2n) is 6.82. The third-order valence-electron chi connectivity index (χ3n) is 4.80. The maximum atomic E-state index is 14.4. The van der Waals surface area contributed by atoms with Gasteiger partial charge in [0.1, 0.15) is 5.69 Å². The summed E-state index contributed by atoms with van der Waals surface area (Å²) in [6.45, 7) is 1.21. The third kappa shape index (κ3) is 5.22. The van der Waals surface area contributed by atoms with E-state index in [2.05, 4.69) is 15.4 Å². The number of nitrogens with one attached hydrogen (secondary N) is 2. The van der Waals surface area contributed by atoms with E-state index in [1.165, 1.54) is 7.11 Å². The molecular weight excluding hydrogens is 380 g/mol. The molecule has 6 nitrogen and oxygen atoms in total. The number of carbonyl (C=O) groups excluding carboxylic acids is 2. The fourth-order valence-electron chi connectivity index (χ4n) is 3.39. The molecule has 0 aliphatic carbocycles. The Kier molecular flexibility index (Phi) is 6.64. The van der Waals surface area contributed by atoms with Gasteiger partial charge in [-0.3, -0.25) is 4.79 Å². The van der Waals surface area contributed by atoms with E-state index in [4.69, 9.17) is 0 Å². The zero-order valence-corrected chi connectivity index (χ0v) is 16.1. The number of halogens is 2. The fraction of sp³-hybridized carbons (Fsp3) is 0.333. The Bertz CT molecular complexity index is 848. The highest BCUT2D eigenvalue weighted by Crippen LogP contribution is 2.29. The molecule has 1 unspecified atom stereocenters. The molecule has 0 spiro atoms. The van der Waals surface area contributed by atoms with Crippen LogP contribution in [-0.4, -0.2) is 32.2 Å². The van der Waals surface area contributed by atoms with E-state index in [0.717, 1.165) is 25.0 Å². The largest absolute Gasteiger partial charge is 0.469 e. The summed E-state index contributed by atoms with van der Waals surface area (Å²) in [4.78, 5) is 25.8. The maximum Gasteiger partial charge on any atom is 0.319 e. The molecule has 2 amide bonds. The Morgan fingerprint density at radius 3 is 2.31 bits per heavy atom. The first kappa shape index (κ1) is 20.6. The smallest absolute Gasteiger partial charge is 0.319 e. The maximum absolute atomic E-state index is 14.4. The second-order valence-corrected chi connectivity index (χ2v) is 6.82. The Hall–Kier alpha value is -3.16. The number of ether oxygens (including phenoxy) is 1. The molecule has 2 aromatic carbocycles. The molecule has 29 heavy (non-hydrogen) atoms. The van der Waals surface area contributed by atoms with Crippen molar-refractivity contribution in [1.82, 2.24) is 5.32 Å². The van der Waals surface area contributed by atoms with E-state index < -0.39 is 29.7 Å². The third-order valence-corrected chi connectivity index (χ3v) is 4.80. The predicted molar refractivity (Wildman–Crippen MR) is 106 cm³/mol. The minimum atomic E-state index is -0.726. The molecule has 8 heteroatoms. The van der Waals surface area contributed by atoms with Gasteiger partial charge in [-0.25, -0.2) is 13.6 Å². The molecule has 1 aliphatic rings. The summed E-state index contributed by atoms with van der Waals surface area (Å²) in [5.74, 6) is -1.95. The number of esters is 1. The van der Waals surface area contributed by atoms with Crippen molar-refractivity contribution in [3.05, 3.63) is 59.7 Å². The van der Waals surface area contributed by atoms with Crippen molar-refractivity contribution < 1.29 is 23.1 Å². The van der Waals surface area contributed by atoms with Crippen molar-refractivity contribution >= 4 is 23.4 Å². The van der Waals surface area contributed by atoms with Gasteiger partial charge in [0.25, 0.3) is 0 Å². The highest BCUT2D eigenvalue weighted by molar-refractivity contribution is 5.90. The summed E-state index contributed by atoms with van der Waals surface area (Å²) in [5.41, 5.74) is 0.626. The number of nitrogens with zero attached hydrogens (tertiary/aromatic N) is 1. The van der Waals surface area contributed by atoms with Crippen LogP contribution in [-0.2, 0) is 9.53 Å². The van der Waals surface area contributed by atoms with Crippen LogP contribution in [0.5, 0.6) is 0 Å². The van der Waals surface area contributed by atoms with E-state index in [1.807, 2.05) is 6.07 Å². The number of methoxy groups -OCH3 is 1. The second kappa shape index (κ2) is 9.36. The van der Waals surface area contributed by atoms with Gasteiger partial charge in [-0.2, -0.15) is 0 Å². The average molecular weight is 403 g/mol. The zero-order valence-electron chi connectivity index (χ0n) is 16.1. The van der Waals surface area contributed by atoms with Gasteiger partial charge >= 0.3 is 12.0 Å². The molecule has 0 bridgehead atoms. The molecule has 2 N–H and O–H groups in total. The first-order chi connectivity index (χ1) is 14.0. The topological polar surface area (TPSA) is 70.7 Å². The van der Waals surface area contributed by atoms with Crippen LogP contribution in [0.4, 0.5) is 25.0 Å². The van der Waals surface area contributed by atoms with E-state index in [9.17, 15) is 18.4 Å². The van der Waals surface area contributed by atoms with Gasteiger partial charge in [0, 0.05) is 18.8 Å². The molecular formula is C21H23F2N3O3. The summed E-state index contributed by atoms with van der Waals surface area (Å²) in [6.07, 6.45) is 1.70. The van der Waals surface area contributed by atoms with Crippen molar-refractivity contribution in [1.29, 1.82) is 0 Å². The van der Waals surface area contributed by atoms with Gasteiger partial charge in [-0.1, -0.05) is 30.3 Å². The molecule has 0 radical (unpaired) electrons. The first-order valence-corrected chi connectivity index (χ1v) is 9.41. The van der Waals surface area contributed by atoms with Crippen molar-refractivity contribution in [2.24, 2.45) is 0 Å². The van der Waals surface area contributed by atoms with Crippen LogP contribution in [0.2, 0.25) is 0 Å². The SMILES string of the molecule is COC(=O)CC(NC(=O)Nc1cc(F)c(N2CCCC2)c(F)c1)c1ccccc1. The summed E-state index contributed by atoms with van der Waals surface area (Å²) in [7, 11) is 1.26. The van der Waals surface area contributed by atoms with Crippen molar-refractivity contribution in [2.45, 2.75) is 25.3 Å². The lowest BCUT2D eigenvalue weighted by Crippen LogP contribution is -2.34. The van der Waals surface area contributed by atoms with Gasteiger partial charge in [0.05, 0.1) is 19.6 Å². The number of benzene rings is 2. The molecule has 1 fully saturated rings. The van der Waals surface area contributed by atoms with E-state index in [-0.39, 0.29) is 17.8 Å². The number of carbonyl (C=O) groups is 2. The minimum absolute atomic E-state index is 0.00896. The Balaban J connectivity index is 1.72. The Morgan fingerprint density at radius 2 is 1.72 bits per heavy atom. The summed E-state index contributed by atoms with van der Waals surface area (Å²) in [5, 5.41) is 5.08. The molecule has 1 atom stereocenters. The van der Waals surface area contributed by atoms with Crippen molar-refractivity contribution in [3.8, 4) is 0 Å². The lowest BCUT2D eigenvalue weighted by atomic mass is 10.0. The molecule has 2 aromatic rings. The average Bonchev–Trinajstić information content (AvgIpc) is 3.21. The van der Waals surface area contributed by atoms with Crippen LogP contribution >= 0.6 is 0 Å². The number of anilines is 2. The molecule has 1 saturated heterocycles. The number of hydrogen-bond acceptors (Lipinski definition) is 4. The van der Waals surface area contributed by atoms with Crippen LogP contribution in [0, 0.1) is 11.6 Å². The van der Waals surface area contributed by atoms with E-state index >= 15 is 0 Å². The zero-order chi connectivity index (χ0) is 20.8. The summed E-state index contributed by atoms with van der Waals surface area (Å²) in [6, 6.07) is 9.74. The van der Waals surface area contributed by atoms with Gasteiger partial charge in [-0.15, -0.1) is 0 Å². The van der Waals surface area contributed by atoms with E-state index in [1.54, 1.807) is 29.2 Å². The Morgan fingerprint density at radius 1 is 1.10 bits per heavy atom. The van der Waals surface area contributed by atoms with Gasteiger partial charge in [0.15, 0.2) is 11.6 Å². The Labute approximate surface area is 167 Å². The van der Waals surface area contributed by atoms with Crippen LogP contribution < -0.4 is 15.5 Å². The number of rotatable bonds is 6. The van der Waals surface area contributed by atoms with Gasteiger partial charge in [0.2, 0.25) is 0 Å². The monoisotopic (exact) mass is 403 g/mol. The summed E-state index contributed by atoms with van der Waals surface area (Å²) < 4.78 is 33.6. The van der Waals surface area contributed by atoms with Gasteiger partial charge < -0.3 is 20.3 Å². The lowest BCUT2D eigenvalue weighted by molar-refractivity contribution is -0.141. The van der Waals surface area contributed by atoms with Crippen LogP contribution in [0.25, 0.3) is 0 Å². The predicted octanol–water partition coefficient (Wildman–Crippen LogP) is 3.99. The highest BCUT2D eigenvalue weighted by atomic mass is 19.1. The van der Waals surface area contributed by atoms with Crippen molar-refractivity contribution in [3.63, 3.8) is 0 Å². The molecule has 1 aliphatic heterocycles. The quantitative estimate of drug-likeness (QED) is 0.716. The van der Waals surface area contributed by atoms with E-state index in [0.29, 0.717) is 18.7 Å². The summed E-state index contributed by atoms with van der Waals surface area (Å²) >= 11 is 0. The number of urea groups is 1. The van der Waals surface area contributed by atoms with Crippen molar-refractivity contribution in [2.75, 3.05) is 30.4 Å². The highest BCUT2D eigenvalue weighted by Gasteiger charge is 2.22. The minimum Gasteiger partial charge on any atom is -0.469 e. The van der Waals surface area contributed by atoms with Gasteiger partial charge in [-0.05, 0) is 30.5 Å². The molecule has 154 valence electrons. The normalized spacial score (nSPS) is 14.4. The lowest BCUT2D eigenvalue weighted by Gasteiger charge is -2.21. The number of hydrogen-bond donors (Lipinski definition) is 2. The van der Waals surface area contributed by atoms with Crippen LogP contribution in [0.3, 0.4) is 0 Å². The fourth-order valence-corrected chi connectivity index (χ4v) is 3.39. The molecule has 3 rings (SSSR count).